The molecule has 1 atom stereocenters. The van der Waals surface area contributed by atoms with Crippen molar-refractivity contribution in [3.05, 3.63) is 59.7 Å². The van der Waals surface area contributed by atoms with E-state index in [0.29, 0.717) is 42.0 Å². The topological polar surface area (TPSA) is 72.3 Å². The number of aryl methyl sites for hydroxylation is 1. The lowest BCUT2D eigenvalue weighted by Gasteiger charge is -2.27. The minimum atomic E-state index is -0.503. The van der Waals surface area contributed by atoms with Crippen molar-refractivity contribution in [2.24, 2.45) is 0 Å². The van der Waals surface area contributed by atoms with E-state index in [1.54, 1.807) is 38.1 Å². The fraction of sp³-hybridized carbons (Fsp3) is 0.375. The number of nitrogens with one attached hydrogen (secondary N) is 1. The van der Waals surface area contributed by atoms with Gasteiger partial charge >= 0.3 is 0 Å². The van der Waals surface area contributed by atoms with Crippen LogP contribution in [0.4, 0.5) is 14.5 Å². The molecule has 1 aromatic heterocycles. The molecule has 1 saturated heterocycles. The van der Waals surface area contributed by atoms with Crippen LogP contribution in [0.3, 0.4) is 0 Å². The van der Waals surface area contributed by atoms with Gasteiger partial charge in [0.05, 0.1) is 18.5 Å². The van der Waals surface area contributed by atoms with E-state index in [0.717, 1.165) is 25.2 Å². The van der Waals surface area contributed by atoms with Crippen LogP contribution in [-0.4, -0.2) is 63.7 Å². The van der Waals surface area contributed by atoms with Crippen LogP contribution in [0.25, 0.3) is 11.4 Å². The number of ether oxygens (including phenoxy) is 1. The number of benzene rings is 2. The third-order valence-electron chi connectivity index (χ3n) is 5.65. The van der Waals surface area contributed by atoms with Crippen LogP contribution in [0.2, 0.25) is 0 Å². The summed E-state index contributed by atoms with van der Waals surface area (Å²) >= 11 is 1.28. The van der Waals surface area contributed by atoms with Gasteiger partial charge in [-0.05, 0) is 55.8 Å². The molecule has 0 spiro atoms. The Morgan fingerprint density at radius 1 is 1.12 bits per heavy atom. The lowest BCUT2D eigenvalue weighted by molar-refractivity contribution is -0.115. The monoisotopic (exact) mass is 487 g/mol. The smallest absolute Gasteiger partial charge is 0.237 e. The van der Waals surface area contributed by atoms with Crippen molar-refractivity contribution in [3.63, 3.8) is 0 Å². The van der Waals surface area contributed by atoms with Gasteiger partial charge in [-0.1, -0.05) is 17.8 Å². The van der Waals surface area contributed by atoms with Crippen LogP contribution in [0, 0.1) is 18.6 Å². The summed E-state index contributed by atoms with van der Waals surface area (Å²) in [5.41, 5.74) is 1.67. The van der Waals surface area contributed by atoms with Crippen molar-refractivity contribution in [1.29, 1.82) is 0 Å². The number of nitrogens with zero attached hydrogens (tertiary/aromatic N) is 4. The van der Waals surface area contributed by atoms with Gasteiger partial charge in [0.15, 0.2) is 11.0 Å². The fourth-order valence-corrected chi connectivity index (χ4v) is 4.46. The van der Waals surface area contributed by atoms with Gasteiger partial charge in [-0.3, -0.25) is 9.69 Å². The first-order valence-corrected chi connectivity index (χ1v) is 12.0. The van der Waals surface area contributed by atoms with Crippen LogP contribution in [0.15, 0.2) is 47.6 Å². The zero-order valence-corrected chi connectivity index (χ0v) is 19.9. The van der Waals surface area contributed by atoms with Gasteiger partial charge < -0.3 is 14.6 Å². The highest BCUT2D eigenvalue weighted by Crippen LogP contribution is 2.28. The van der Waals surface area contributed by atoms with Crippen molar-refractivity contribution in [1.82, 2.24) is 19.7 Å². The van der Waals surface area contributed by atoms with E-state index in [1.807, 2.05) is 4.57 Å². The number of hydrogen-bond acceptors (Lipinski definition) is 6. The number of thioether (sulfide) groups is 1. The molecule has 2 heterocycles. The lowest BCUT2D eigenvalue weighted by atomic mass is 10.2. The fourth-order valence-electron chi connectivity index (χ4n) is 3.58. The Hall–Kier alpha value is -2.82. The third-order valence-corrected chi connectivity index (χ3v) is 6.73. The molecule has 2 aromatic carbocycles. The Kier molecular flexibility index (Phi) is 7.91. The number of rotatable bonds is 8. The molecule has 34 heavy (non-hydrogen) atoms. The first-order chi connectivity index (χ1) is 16.4. The van der Waals surface area contributed by atoms with Crippen molar-refractivity contribution >= 4 is 23.4 Å². The summed E-state index contributed by atoms with van der Waals surface area (Å²) in [6, 6.07) is 10.7. The van der Waals surface area contributed by atoms with Crippen LogP contribution >= 0.6 is 11.8 Å². The summed E-state index contributed by atoms with van der Waals surface area (Å²) in [6.45, 7) is 7.92. The second kappa shape index (κ2) is 11.1. The zero-order chi connectivity index (χ0) is 24.1. The molecule has 7 nitrogen and oxygen atoms in total. The van der Waals surface area contributed by atoms with E-state index in [4.69, 9.17) is 4.74 Å². The number of morpholine rings is 1. The maximum absolute atomic E-state index is 13.8. The van der Waals surface area contributed by atoms with Gasteiger partial charge in [0.1, 0.15) is 11.6 Å². The van der Waals surface area contributed by atoms with E-state index in [2.05, 4.69) is 20.4 Å². The molecule has 0 aliphatic carbocycles. The summed E-state index contributed by atoms with van der Waals surface area (Å²) in [4.78, 5) is 15.1. The molecule has 1 aliphatic heterocycles. The minimum Gasteiger partial charge on any atom is -0.379 e. The Morgan fingerprint density at radius 3 is 2.56 bits per heavy atom. The Bertz CT molecular complexity index is 1130. The van der Waals surface area contributed by atoms with Gasteiger partial charge in [-0.25, -0.2) is 8.78 Å². The summed E-state index contributed by atoms with van der Waals surface area (Å²) in [6.07, 6.45) is 0. The van der Waals surface area contributed by atoms with E-state index < -0.39 is 5.25 Å². The Morgan fingerprint density at radius 2 is 1.85 bits per heavy atom. The van der Waals surface area contributed by atoms with Gasteiger partial charge in [0.25, 0.3) is 0 Å². The molecule has 0 bridgehead atoms. The Labute approximate surface area is 201 Å². The average molecular weight is 488 g/mol. The largest absolute Gasteiger partial charge is 0.379 e. The molecule has 3 aromatic rings. The number of halogens is 2. The quantitative estimate of drug-likeness (QED) is 0.485. The molecule has 1 unspecified atom stereocenters. The van der Waals surface area contributed by atoms with Crippen molar-refractivity contribution in [2.75, 3.05) is 38.2 Å². The average Bonchev–Trinajstić information content (AvgIpc) is 3.23. The molecule has 10 heteroatoms. The van der Waals surface area contributed by atoms with Crippen LogP contribution < -0.4 is 5.32 Å². The highest BCUT2D eigenvalue weighted by molar-refractivity contribution is 8.00. The molecule has 0 radical (unpaired) electrons. The van der Waals surface area contributed by atoms with E-state index >= 15 is 0 Å². The SMILES string of the molecule is Cc1ccc(NC(=O)C(C)Sc2nnc(-c3ccc(F)cc3)n2CCN2CCOCC2)cc1F. The molecule has 1 amide bonds. The first kappa shape index (κ1) is 24.3. The number of anilines is 1. The second-order valence-electron chi connectivity index (χ2n) is 8.13. The molecular weight excluding hydrogens is 460 g/mol. The zero-order valence-electron chi connectivity index (χ0n) is 19.1. The predicted octanol–water partition coefficient (Wildman–Crippen LogP) is 3.98. The number of aromatic nitrogens is 3. The van der Waals surface area contributed by atoms with E-state index in [-0.39, 0.29) is 17.5 Å². The van der Waals surface area contributed by atoms with Crippen molar-refractivity contribution in [2.45, 2.75) is 30.8 Å². The van der Waals surface area contributed by atoms with Gasteiger partial charge in [-0.2, -0.15) is 0 Å². The highest BCUT2D eigenvalue weighted by Gasteiger charge is 2.22. The summed E-state index contributed by atoms with van der Waals surface area (Å²) < 4.78 is 34.7. The van der Waals surface area contributed by atoms with Crippen molar-refractivity contribution in [3.8, 4) is 11.4 Å². The van der Waals surface area contributed by atoms with Gasteiger partial charge in [-0.15, -0.1) is 10.2 Å². The molecule has 1 fully saturated rings. The molecule has 1 N–H and O–H groups in total. The van der Waals surface area contributed by atoms with Gasteiger partial charge in [0, 0.05) is 37.4 Å². The number of carbonyl (C=O) groups is 1. The molecule has 0 saturated carbocycles. The lowest BCUT2D eigenvalue weighted by Crippen LogP contribution is -2.38. The van der Waals surface area contributed by atoms with E-state index in [1.165, 1.54) is 30.0 Å². The highest BCUT2D eigenvalue weighted by atomic mass is 32.2. The normalized spacial score (nSPS) is 15.3. The Balaban J connectivity index is 1.51. The van der Waals surface area contributed by atoms with Crippen molar-refractivity contribution < 1.29 is 18.3 Å². The molecular formula is C24H27F2N5O2S. The van der Waals surface area contributed by atoms with Gasteiger partial charge in [0.2, 0.25) is 5.91 Å². The summed E-state index contributed by atoms with van der Waals surface area (Å²) in [7, 11) is 0. The van der Waals surface area contributed by atoms with Crippen LogP contribution in [0.5, 0.6) is 0 Å². The number of hydrogen-bond donors (Lipinski definition) is 1. The summed E-state index contributed by atoms with van der Waals surface area (Å²) in [5.74, 6) is -0.344. The maximum atomic E-state index is 13.8. The number of carbonyl (C=O) groups excluding carboxylic acids is 1. The van der Waals surface area contributed by atoms with Crippen LogP contribution in [-0.2, 0) is 16.1 Å². The standard InChI is InChI=1S/C24H27F2N5O2S/c1-16-3-8-20(15-21(16)26)27-23(32)17(2)34-24-29-28-22(18-4-6-19(25)7-5-18)31(24)10-9-30-11-13-33-14-12-30/h3-8,15,17H,9-14H2,1-2H3,(H,27,32). The maximum Gasteiger partial charge on any atom is 0.237 e. The first-order valence-electron chi connectivity index (χ1n) is 11.1. The molecule has 1 aliphatic rings. The van der Waals surface area contributed by atoms with E-state index in [9.17, 15) is 13.6 Å². The molecule has 180 valence electrons. The predicted molar refractivity (Wildman–Crippen MR) is 128 cm³/mol. The van der Waals surface area contributed by atoms with Crippen LogP contribution in [0.1, 0.15) is 12.5 Å². The second-order valence-corrected chi connectivity index (χ2v) is 9.44. The molecule has 4 rings (SSSR count). The minimum absolute atomic E-state index is 0.265. The third kappa shape index (κ3) is 5.99. The number of amides is 1. The summed E-state index contributed by atoms with van der Waals surface area (Å²) in [5, 5.41) is 11.5.